The van der Waals surface area contributed by atoms with E-state index in [0.29, 0.717) is 17.4 Å². The molecule has 0 bridgehead atoms. The van der Waals surface area contributed by atoms with E-state index in [1.807, 2.05) is 0 Å². The Bertz CT molecular complexity index is 425. The highest BCUT2D eigenvalue weighted by Crippen LogP contribution is 2.48. The molecule has 0 spiro atoms. The lowest BCUT2D eigenvalue weighted by atomic mass is 9.98. The van der Waals surface area contributed by atoms with E-state index in [2.05, 4.69) is 15.3 Å². The maximum Gasteiger partial charge on any atom is 0.271 e. The standard InChI is InChI=1S/C13H18N4O/c14-12-7-15-11(6-16-12)13(18)17-5-10(8-1-2-8)9-3-4-9/h6-10H,1-5H2,(H2,14,16)(H,17,18). The molecule has 2 aliphatic rings. The summed E-state index contributed by atoms with van der Waals surface area (Å²) in [5, 5.41) is 2.98. The molecule has 0 atom stereocenters. The molecule has 3 rings (SSSR count). The quantitative estimate of drug-likeness (QED) is 0.818. The number of nitrogens with one attached hydrogen (secondary N) is 1. The third kappa shape index (κ3) is 2.60. The molecule has 5 nitrogen and oxygen atoms in total. The Kier molecular flexibility index (Phi) is 2.89. The molecule has 2 aliphatic carbocycles. The average Bonchev–Trinajstić information content (AvgIpc) is 3.24. The van der Waals surface area contributed by atoms with Gasteiger partial charge in [0.15, 0.2) is 0 Å². The fraction of sp³-hybridized carbons (Fsp3) is 0.615. The van der Waals surface area contributed by atoms with Crippen molar-refractivity contribution >= 4 is 11.7 Å². The third-order valence-electron chi connectivity index (χ3n) is 3.86. The predicted molar refractivity (Wildman–Crippen MR) is 67.7 cm³/mol. The van der Waals surface area contributed by atoms with Crippen LogP contribution < -0.4 is 11.1 Å². The van der Waals surface area contributed by atoms with Crippen LogP contribution in [0, 0.1) is 17.8 Å². The minimum atomic E-state index is -0.145. The van der Waals surface area contributed by atoms with Gasteiger partial charge in [0.1, 0.15) is 11.5 Å². The number of nitrogens with two attached hydrogens (primary N) is 1. The molecular weight excluding hydrogens is 228 g/mol. The van der Waals surface area contributed by atoms with E-state index in [0.717, 1.165) is 18.4 Å². The summed E-state index contributed by atoms with van der Waals surface area (Å²) in [7, 11) is 0. The SMILES string of the molecule is Nc1cnc(C(=O)NCC(C2CC2)C2CC2)cn1. The molecule has 1 heterocycles. The summed E-state index contributed by atoms with van der Waals surface area (Å²) < 4.78 is 0. The van der Waals surface area contributed by atoms with Crippen LogP contribution in [0.4, 0.5) is 5.82 Å². The number of anilines is 1. The van der Waals surface area contributed by atoms with Gasteiger partial charge in [-0.15, -0.1) is 0 Å². The summed E-state index contributed by atoms with van der Waals surface area (Å²) in [6.07, 6.45) is 8.16. The van der Waals surface area contributed by atoms with Crippen LogP contribution in [0.3, 0.4) is 0 Å². The number of amides is 1. The smallest absolute Gasteiger partial charge is 0.271 e. The van der Waals surface area contributed by atoms with E-state index in [9.17, 15) is 4.79 Å². The van der Waals surface area contributed by atoms with Crippen molar-refractivity contribution in [3.8, 4) is 0 Å². The highest BCUT2D eigenvalue weighted by atomic mass is 16.1. The molecule has 18 heavy (non-hydrogen) atoms. The first kappa shape index (κ1) is 11.4. The fourth-order valence-corrected chi connectivity index (χ4v) is 2.52. The lowest BCUT2D eigenvalue weighted by Gasteiger charge is -2.15. The molecule has 5 heteroatoms. The zero-order valence-corrected chi connectivity index (χ0v) is 10.3. The van der Waals surface area contributed by atoms with Gasteiger partial charge in [-0.1, -0.05) is 0 Å². The number of hydrogen-bond donors (Lipinski definition) is 2. The summed E-state index contributed by atoms with van der Waals surface area (Å²) in [5.41, 5.74) is 5.78. The zero-order valence-electron chi connectivity index (χ0n) is 10.3. The molecular formula is C13H18N4O. The van der Waals surface area contributed by atoms with Crippen LogP contribution in [0.2, 0.25) is 0 Å². The fourth-order valence-electron chi connectivity index (χ4n) is 2.52. The number of aromatic nitrogens is 2. The molecule has 0 aliphatic heterocycles. The summed E-state index contributed by atoms with van der Waals surface area (Å²) in [5.74, 6) is 2.55. The van der Waals surface area contributed by atoms with Gasteiger partial charge in [-0.3, -0.25) is 4.79 Å². The summed E-state index contributed by atoms with van der Waals surface area (Å²) >= 11 is 0. The molecule has 3 N–H and O–H groups in total. The van der Waals surface area contributed by atoms with Crippen molar-refractivity contribution in [2.75, 3.05) is 12.3 Å². The molecule has 1 aromatic heterocycles. The topological polar surface area (TPSA) is 80.9 Å². The van der Waals surface area contributed by atoms with E-state index < -0.39 is 0 Å². The average molecular weight is 246 g/mol. The number of hydrogen-bond acceptors (Lipinski definition) is 4. The third-order valence-corrected chi connectivity index (χ3v) is 3.86. The van der Waals surface area contributed by atoms with Crippen LogP contribution in [-0.4, -0.2) is 22.4 Å². The number of rotatable bonds is 5. The molecule has 0 aromatic carbocycles. The maximum absolute atomic E-state index is 11.9. The second kappa shape index (κ2) is 4.55. The first-order valence-corrected chi connectivity index (χ1v) is 6.60. The van der Waals surface area contributed by atoms with E-state index in [4.69, 9.17) is 5.73 Å². The first-order chi connectivity index (χ1) is 8.74. The lowest BCUT2D eigenvalue weighted by Crippen LogP contribution is -2.31. The van der Waals surface area contributed by atoms with Crippen molar-refractivity contribution in [1.82, 2.24) is 15.3 Å². The van der Waals surface area contributed by atoms with Crippen LogP contribution in [0.25, 0.3) is 0 Å². The van der Waals surface area contributed by atoms with E-state index in [1.54, 1.807) is 0 Å². The number of carbonyl (C=O) groups excluding carboxylic acids is 1. The minimum Gasteiger partial charge on any atom is -0.382 e. The molecule has 2 fully saturated rings. The summed E-state index contributed by atoms with van der Waals surface area (Å²) in [4.78, 5) is 19.7. The van der Waals surface area contributed by atoms with Crippen molar-refractivity contribution in [3.05, 3.63) is 18.1 Å². The zero-order chi connectivity index (χ0) is 12.5. The molecule has 96 valence electrons. The highest BCUT2D eigenvalue weighted by molar-refractivity contribution is 5.91. The Morgan fingerprint density at radius 2 is 1.94 bits per heavy atom. The van der Waals surface area contributed by atoms with Gasteiger partial charge in [-0.25, -0.2) is 9.97 Å². The molecule has 0 unspecified atom stereocenters. The van der Waals surface area contributed by atoms with Gasteiger partial charge in [0.2, 0.25) is 0 Å². The molecule has 2 saturated carbocycles. The molecule has 1 amide bonds. The number of nitrogen functional groups attached to an aromatic ring is 1. The van der Waals surface area contributed by atoms with Crippen molar-refractivity contribution in [1.29, 1.82) is 0 Å². The second-order valence-corrected chi connectivity index (χ2v) is 5.38. The van der Waals surface area contributed by atoms with Crippen LogP contribution in [0.5, 0.6) is 0 Å². The molecule has 0 radical (unpaired) electrons. The van der Waals surface area contributed by atoms with Gasteiger partial charge in [-0.2, -0.15) is 0 Å². The predicted octanol–water partition coefficient (Wildman–Crippen LogP) is 1.22. The molecule has 0 saturated heterocycles. The Hall–Kier alpha value is -1.65. The Morgan fingerprint density at radius 1 is 1.28 bits per heavy atom. The van der Waals surface area contributed by atoms with E-state index in [-0.39, 0.29) is 5.91 Å². The summed E-state index contributed by atoms with van der Waals surface area (Å²) in [6, 6.07) is 0. The van der Waals surface area contributed by atoms with Gasteiger partial charge in [0.05, 0.1) is 12.4 Å². The normalized spacial score (nSPS) is 18.9. The highest BCUT2D eigenvalue weighted by Gasteiger charge is 2.41. The van der Waals surface area contributed by atoms with Crippen molar-refractivity contribution in [2.45, 2.75) is 25.7 Å². The first-order valence-electron chi connectivity index (χ1n) is 6.60. The number of carbonyl (C=O) groups is 1. The van der Waals surface area contributed by atoms with Gasteiger partial charge in [0, 0.05) is 6.54 Å². The van der Waals surface area contributed by atoms with E-state index >= 15 is 0 Å². The number of nitrogens with zero attached hydrogens (tertiary/aromatic N) is 2. The maximum atomic E-state index is 11.9. The van der Waals surface area contributed by atoms with Crippen LogP contribution in [0.15, 0.2) is 12.4 Å². The van der Waals surface area contributed by atoms with Gasteiger partial charge >= 0.3 is 0 Å². The van der Waals surface area contributed by atoms with Crippen LogP contribution in [-0.2, 0) is 0 Å². The van der Waals surface area contributed by atoms with Crippen LogP contribution >= 0.6 is 0 Å². The Morgan fingerprint density at radius 3 is 2.44 bits per heavy atom. The van der Waals surface area contributed by atoms with Crippen LogP contribution in [0.1, 0.15) is 36.2 Å². The molecule has 1 aromatic rings. The van der Waals surface area contributed by atoms with Gasteiger partial charge < -0.3 is 11.1 Å². The van der Waals surface area contributed by atoms with E-state index in [1.165, 1.54) is 38.1 Å². The lowest BCUT2D eigenvalue weighted by molar-refractivity contribution is 0.0938. The Balaban J connectivity index is 1.55. The summed E-state index contributed by atoms with van der Waals surface area (Å²) in [6.45, 7) is 0.778. The largest absolute Gasteiger partial charge is 0.382 e. The van der Waals surface area contributed by atoms with Crippen molar-refractivity contribution in [3.63, 3.8) is 0 Å². The monoisotopic (exact) mass is 246 g/mol. The van der Waals surface area contributed by atoms with Crippen molar-refractivity contribution < 1.29 is 4.79 Å². The second-order valence-electron chi connectivity index (χ2n) is 5.38. The van der Waals surface area contributed by atoms with Gasteiger partial charge in [0.25, 0.3) is 5.91 Å². The van der Waals surface area contributed by atoms with Gasteiger partial charge in [-0.05, 0) is 43.4 Å². The Labute approximate surface area is 106 Å². The minimum absolute atomic E-state index is 0.145. The van der Waals surface area contributed by atoms with Crippen molar-refractivity contribution in [2.24, 2.45) is 17.8 Å².